The lowest BCUT2D eigenvalue weighted by Gasteiger charge is -2.09. The molecule has 0 aliphatic rings. The van der Waals surface area contributed by atoms with E-state index < -0.39 is 12.6 Å². The Labute approximate surface area is 133 Å². The van der Waals surface area contributed by atoms with Gasteiger partial charge in [-0.25, -0.2) is 5.43 Å². The van der Waals surface area contributed by atoms with Crippen LogP contribution in [0.5, 0.6) is 5.75 Å². The molecule has 0 saturated heterocycles. The van der Waals surface area contributed by atoms with E-state index in [9.17, 15) is 14.7 Å². The number of nitrogens with zero attached hydrogens (tertiary/aromatic N) is 1. The number of carbonyl (C=O) groups is 2. The lowest BCUT2D eigenvalue weighted by atomic mass is 10.1. The number of aryl methyl sites for hydroxylation is 1. The van der Waals surface area contributed by atoms with E-state index >= 15 is 0 Å². The molecule has 0 radical (unpaired) electrons. The third kappa shape index (κ3) is 4.96. The maximum atomic E-state index is 11.9. The van der Waals surface area contributed by atoms with Gasteiger partial charge in [-0.1, -0.05) is 29.8 Å². The number of hydrogen-bond donors (Lipinski definition) is 1. The van der Waals surface area contributed by atoms with Crippen LogP contribution in [0.2, 0.25) is 0 Å². The lowest BCUT2D eigenvalue weighted by molar-refractivity contribution is -0.307. The summed E-state index contributed by atoms with van der Waals surface area (Å²) in [6.45, 7) is 1.38. The number of para-hydroxylation sites is 1. The highest BCUT2D eigenvalue weighted by Crippen LogP contribution is 2.15. The molecular weight excluding hydrogens is 296 g/mol. The number of carbonyl (C=O) groups excluding carboxylic acids is 2. The van der Waals surface area contributed by atoms with Gasteiger partial charge in [0.05, 0.1) is 12.2 Å². The van der Waals surface area contributed by atoms with Gasteiger partial charge in [-0.15, -0.1) is 0 Å². The van der Waals surface area contributed by atoms with Crippen molar-refractivity contribution in [3.8, 4) is 5.75 Å². The van der Waals surface area contributed by atoms with Crippen LogP contribution < -0.4 is 15.3 Å². The van der Waals surface area contributed by atoms with Crippen LogP contribution in [0, 0.1) is 6.92 Å². The number of rotatable bonds is 6. The summed E-state index contributed by atoms with van der Waals surface area (Å²) < 4.78 is 5.09. The number of carboxylic acids is 1. The van der Waals surface area contributed by atoms with Gasteiger partial charge >= 0.3 is 0 Å². The second kappa shape index (κ2) is 7.74. The van der Waals surface area contributed by atoms with Crippen molar-refractivity contribution >= 4 is 18.1 Å². The van der Waals surface area contributed by atoms with E-state index in [0.29, 0.717) is 16.9 Å². The molecule has 0 aliphatic carbocycles. The molecular formula is C17H15N2O4-. The SMILES string of the molecule is Cc1ccc(C(=O)N/N=C\c2ccccc2OCC(=O)[O-])cc1. The molecule has 23 heavy (non-hydrogen) atoms. The maximum Gasteiger partial charge on any atom is 0.271 e. The van der Waals surface area contributed by atoms with Gasteiger partial charge in [0, 0.05) is 11.1 Å². The van der Waals surface area contributed by atoms with Gasteiger partial charge in [0.15, 0.2) is 0 Å². The topological polar surface area (TPSA) is 90.8 Å². The first-order valence-corrected chi connectivity index (χ1v) is 6.88. The summed E-state index contributed by atoms with van der Waals surface area (Å²) in [6, 6.07) is 13.8. The highest BCUT2D eigenvalue weighted by atomic mass is 16.5. The Morgan fingerprint density at radius 2 is 1.87 bits per heavy atom. The first kappa shape index (κ1) is 16.2. The monoisotopic (exact) mass is 311 g/mol. The van der Waals surface area contributed by atoms with Crippen LogP contribution in [0.25, 0.3) is 0 Å². The zero-order valence-electron chi connectivity index (χ0n) is 12.5. The Morgan fingerprint density at radius 3 is 2.57 bits per heavy atom. The molecule has 0 spiro atoms. The van der Waals surface area contributed by atoms with Crippen molar-refractivity contribution in [2.45, 2.75) is 6.92 Å². The van der Waals surface area contributed by atoms with Gasteiger partial charge in [0.25, 0.3) is 5.91 Å². The van der Waals surface area contributed by atoms with Crippen LogP contribution in [-0.2, 0) is 4.79 Å². The van der Waals surface area contributed by atoms with Gasteiger partial charge in [-0.3, -0.25) is 4.79 Å². The average Bonchev–Trinajstić information content (AvgIpc) is 2.54. The number of amides is 1. The van der Waals surface area contributed by atoms with Crippen LogP contribution in [0.1, 0.15) is 21.5 Å². The fourth-order valence-corrected chi connectivity index (χ4v) is 1.79. The zero-order valence-corrected chi connectivity index (χ0v) is 12.5. The van der Waals surface area contributed by atoms with Crippen molar-refractivity contribution in [2.75, 3.05) is 6.61 Å². The Hall–Kier alpha value is -3.15. The third-order valence-corrected chi connectivity index (χ3v) is 2.95. The summed E-state index contributed by atoms with van der Waals surface area (Å²) in [4.78, 5) is 22.3. The van der Waals surface area contributed by atoms with Crippen LogP contribution in [0.3, 0.4) is 0 Å². The molecule has 2 aromatic rings. The molecule has 6 heteroatoms. The van der Waals surface area contributed by atoms with Crippen molar-refractivity contribution in [1.29, 1.82) is 0 Å². The summed E-state index contributed by atoms with van der Waals surface area (Å²) in [5.74, 6) is -1.32. The second-order valence-electron chi connectivity index (χ2n) is 4.76. The quantitative estimate of drug-likeness (QED) is 0.633. The number of hydrazone groups is 1. The first-order chi connectivity index (χ1) is 11.1. The van der Waals surface area contributed by atoms with Gasteiger partial charge in [0.2, 0.25) is 0 Å². The fraction of sp³-hybridized carbons (Fsp3) is 0.118. The minimum absolute atomic E-state index is 0.338. The van der Waals surface area contributed by atoms with E-state index in [1.54, 1.807) is 36.4 Å². The molecule has 0 aromatic heterocycles. The molecule has 2 aromatic carbocycles. The van der Waals surface area contributed by atoms with Crippen LogP contribution in [0.15, 0.2) is 53.6 Å². The van der Waals surface area contributed by atoms with Crippen molar-refractivity contribution in [1.82, 2.24) is 5.43 Å². The molecule has 0 aliphatic heterocycles. The molecule has 118 valence electrons. The number of aliphatic carboxylic acids is 1. The van der Waals surface area contributed by atoms with Gasteiger partial charge in [-0.05, 0) is 31.2 Å². The zero-order chi connectivity index (χ0) is 16.7. The number of nitrogens with one attached hydrogen (secondary N) is 1. The highest BCUT2D eigenvalue weighted by Gasteiger charge is 2.04. The molecule has 1 amide bonds. The number of ether oxygens (including phenoxy) is 1. The van der Waals surface area contributed by atoms with Crippen molar-refractivity contribution in [3.05, 3.63) is 65.2 Å². The summed E-state index contributed by atoms with van der Waals surface area (Å²) in [7, 11) is 0. The molecule has 2 rings (SSSR count). The second-order valence-corrected chi connectivity index (χ2v) is 4.76. The van der Waals surface area contributed by atoms with E-state index in [1.165, 1.54) is 6.21 Å². The van der Waals surface area contributed by atoms with Crippen molar-refractivity contribution in [3.63, 3.8) is 0 Å². The summed E-state index contributed by atoms with van der Waals surface area (Å²) in [6.07, 6.45) is 1.39. The third-order valence-electron chi connectivity index (χ3n) is 2.95. The van der Waals surface area contributed by atoms with Crippen molar-refractivity contribution in [2.24, 2.45) is 5.10 Å². The Balaban J connectivity index is 2.01. The van der Waals surface area contributed by atoms with E-state index in [-0.39, 0.29) is 5.91 Å². The predicted octanol–water partition coefficient (Wildman–Crippen LogP) is 0.888. The normalized spacial score (nSPS) is 10.5. The summed E-state index contributed by atoms with van der Waals surface area (Å²) >= 11 is 0. The standard InChI is InChI=1S/C17H16N2O4/c1-12-6-8-13(9-7-12)17(22)19-18-10-14-4-2-3-5-15(14)23-11-16(20)21/h2-10H,11H2,1H3,(H,19,22)(H,20,21)/p-1/b18-10-. The largest absolute Gasteiger partial charge is 0.546 e. The number of benzene rings is 2. The molecule has 0 saturated carbocycles. The molecule has 0 unspecified atom stereocenters. The van der Waals surface area contributed by atoms with Gasteiger partial charge in [0.1, 0.15) is 12.4 Å². The van der Waals surface area contributed by atoms with E-state index in [1.807, 2.05) is 19.1 Å². The molecule has 0 heterocycles. The van der Waals surface area contributed by atoms with E-state index in [0.717, 1.165) is 5.56 Å². The Kier molecular flexibility index (Phi) is 5.46. The van der Waals surface area contributed by atoms with Crippen molar-refractivity contribution < 1.29 is 19.4 Å². The minimum Gasteiger partial charge on any atom is -0.546 e. The number of carboxylic acid groups (broad SMARTS) is 1. The lowest BCUT2D eigenvalue weighted by Crippen LogP contribution is -2.29. The number of hydrogen-bond acceptors (Lipinski definition) is 5. The fourth-order valence-electron chi connectivity index (χ4n) is 1.79. The van der Waals surface area contributed by atoms with Gasteiger partial charge < -0.3 is 14.6 Å². The van der Waals surface area contributed by atoms with E-state index in [2.05, 4.69) is 10.5 Å². The molecule has 0 bridgehead atoms. The summed E-state index contributed by atoms with van der Waals surface area (Å²) in [5.41, 5.74) is 4.50. The minimum atomic E-state index is -1.32. The highest BCUT2D eigenvalue weighted by molar-refractivity contribution is 5.95. The van der Waals surface area contributed by atoms with E-state index in [4.69, 9.17) is 4.74 Å². The Bertz CT molecular complexity index is 724. The first-order valence-electron chi connectivity index (χ1n) is 6.88. The van der Waals surface area contributed by atoms with Crippen LogP contribution >= 0.6 is 0 Å². The average molecular weight is 311 g/mol. The van der Waals surface area contributed by atoms with Crippen LogP contribution in [-0.4, -0.2) is 24.7 Å². The molecule has 0 atom stereocenters. The predicted molar refractivity (Wildman–Crippen MR) is 83.2 cm³/mol. The molecule has 1 N–H and O–H groups in total. The maximum absolute atomic E-state index is 11.9. The molecule has 6 nitrogen and oxygen atoms in total. The molecule has 0 fully saturated rings. The Morgan fingerprint density at radius 1 is 1.17 bits per heavy atom. The van der Waals surface area contributed by atoms with Gasteiger partial charge in [-0.2, -0.15) is 5.10 Å². The van der Waals surface area contributed by atoms with Crippen LogP contribution in [0.4, 0.5) is 0 Å². The smallest absolute Gasteiger partial charge is 0.271 e. The summed E-state index contributed by atoms with van der Waals surface area (Å²) in [5, 5.41) is 14.3.